The Morgan fingerprint density at radius 3 is 1.92 bits per heavy atom. The van der Waals surface area contributed by atoms with Crippen molar-refractivity contribution >= 4 is 48.2 Å². The highest BCUT2D eigenvalue weighted by molar-refractivity contribution is 7.80. The van der Waals surface area contributed by atoms with Crippen molar-refractivity contribution in [2.75, 3.05) is 18.8 Å². The first-order valence-electron chi connectivity index (χ1n) is 11.5. The zero-order valence-electron chi connectivity index (χ0n) is 20.2. The smallest absolute Gasteiger partial charge is 0.326 e. The van der Waals surface area contributed by atoms with Crippen LogP contribution in [0.15, 0.2) is 4.99 Å². The summed E-state index contributed by atoms with van der Waals surface area (Å²) < 4.78 is 0. The number of amides is 4. The molecule has 0 heterocycles. The number of nitrogens with zero attached hydrogens (tertiary/aromatic N) is 1. The third-order valence-electron chi connectivity index (χ3n) is 4.99. The molecule has 4 atom stereocenters. The van der Waals surface area contributed by atoms with Gasteiger partial charge >= 0.3 is 5.97 Å². The maximum Gasteiger partial charge on any atom is 0.326 e. The first-order chi connectivity index (χ1) is 16.9. The zero-order chi connectivity index (χ0) is 27.7. The van der Waals surface area contributed by atoms with E-state index in [0.29, 0.717) is 32.2 Å². The number of rotatable bonds is 19. The van der Waals surface area contributed by atoms with Gasteiger partial charge in [0.1, 0.15) is 18.1 Å². The fourth-order valence-electron chi connectivity index (χ4n) is 2.97. The zero-order valence-corrected chi connectivity index (χ0v) is 21.0. The van der Waals surface area contributed by atoms with Crippen molar-refractivity contribution in [3.05, 3.63) is 0 Å². The summed E-state index contributed by atoms with van der Waals surface area (Å²) in [4.78, 5) is 64.2. The Kier molecular flexibility index (Phi) is 16.6. The molecule has 16 heteroatoms. The molecule has 0 aliphatic heterocycles. The van der Waals surface area contributed by atoms with Crippen LogP contribution < -0.4 is 44.6 Å². The first kappa shape index (κ1) is 32.9. The molecule has 0 aliphatic carbocycles. The first-order valence-corrected chi connectivity index (χ1v) is 12.1. The van der Waals surface area contributed by atoms with Crippen LogP contribution in [-0.2, 0) is 24.0 Å². The summed E-state index contributed by atoms with van der Waals surface area (Å²) in [7, 11) is 0. The van der Waals surface area contributed by atoms with Crippen molar-refractivity contribution in [1.29, 1.82) is 0 Å². The van der Waals surface area contributed by atoms with Crippen molar-refractivity contribution in [2.45, 2.75) is 69.1 Å². The second-order valence-electron chi connectivity index (χ2n) is 8.05. The Morgan fingerprint density at radius 2 is 1.39 bits per heavy atom. The molecule has 0 aromatic rings. The third-order valence-corrected chi connectivity index (χ3v) is 5.36. The van der Waals surface area contributed by atoms with Crippen molar-refractivity contribution in [3.63, 3.8) is 0 Å². The lowest BCUT2D eigenvalue weighted by molar-refractivity contribution is -0.142. The van der Waals surface area contributed by atoms with Gasteiger partial charge in [0.05, 0.1) is 6.04 Å². The van der Waals surface area contributed by atoms with E-state index in [-0.39, 0.29) is 37.5 Å². The number of carboxylic acid groups (broad SMARTS) is 1. The maximum absolute atomic E-state index is 12.9. The fourth-order valence-corrected chi connectivity index (χ4v) is 3.23. The van der Waals surface area contributed by atoms with Crippen LogP contribution in [0.5, 0.6) is 0 Å². The number of nitrogens with two attached hydrogens (primary N) is 5. The standard InChI is InChI=1S/C20H39N9O6S/c21-8-2-1-4-11(22)16(31)27-12(5-3-9-26-20(24)25)17(32)29-14(10-36)18(33)28-13(19(34)35)6-7-15(23)30/h11-14,36H,1-10,21-22H2,(H2,23,30)(H,27,31)(H,28,33)(H,29,32)(H,34,35)(H4,24,25,26). The predicted octanol–water partition coefficient (Wildman–Crippen LogP) is -3.77. The molecule has 14 N–H and O–H groups in total. The molecule has 0 saturated carbocycles. The number of unbranched alkanes of at least 4 members (excludes halogenated alkanes) is 1. The molecule has 0 aromatic carbocycles. The molecule has 0 aromatic heterocycles. The molecular weight excluding hydrogens is 494 g/mol. The van der Waals surface area contributed by atoms with Crippen LogP contribution in [0.3, 0.4) is 0 Å². The van der Waals surface area contributed by atoms with E-state index in [9.17, 15) is 29.1 Å². The molecule has 4 amide bonds. The number of thiol groups is 1. The van der Waals surface area contributed by atoms with Gasteiger partial charge in [-0.1, -0.05) is 6.42 Å². The second-order valence-corrected chi connectivity index (χ2v) is 8.41. The SMILES string of the molecule is NCCCCC(N)C(=O)NC(CCCN=C(N)N)C(=O)NC(CS)C(=O)NC(CCC(N)=O)C(=O)O. The Hall–Kier alpha value is -3.11. The van der Waals surface area contributed by atoms with Crippen LogP contribution in [0.4, 0.5) is 0 Å². The van der Waals surface area contributed by atoms with Gasteiger partial charge in [-0.25, -0.2) is 4.79 Å². The molecule has 0 rings (SSSR count). The van der Waals surface area contributed by atoms with E-state index in [4.69, 9.17) is 28.7 Å². The number of hydrogen-bond donors (Lipinski definition) is 10. The number of nitrogens with one attached hydrogen (secondary N) is 3. The summed E-state index contributed by atoms with van der Waals surface area (Å²) in [5, 5.41) is 16.6. The van der Waals surface area contributed by atoms with Crippen molar-refractivity contribution in [1.82, 2.24) is 16.0 Å². The largest absolute Gasteiger partial charge is 0.480 e. The van der Waals surface area contributed by atoms with Gasteiger partial charge in [-0.05, 0) is 38.6 Å². The Labute approximate surface area is 215 Å². The van der Waals surface area contributed by atoms with Gasteiger partial charge in [-0.2, -0.15) is 12.6 Å². The number of primary amides is 1. The molecule has 0 saturated heterocycles. The summed E-state index contributed by atoms with van der Waals surface area (Å²) in [6, 6.07) is -4.57. The number of aliphatic carboxylic acids is 1. The average molecular weight is 534 g/mol. The highest BCUT2D eigenvalue weighted by Crippen LogP contribution is 2.05. The monoisotopic (exact) mass is 533 g/mol. The van der Waals surface area contributed by atoms with Crippen molar-refractivity contribution in [2.24, 2.45) is 33.7 Å². The minimum absolute atomic E-state index is 0.126. The normalized spacial score (nSPS) is 14.0. The van der Waals surface area contributed by atoms with Crippen molar-refractivity contribution in [3.8, 4) is 0 Å². The predicted molar refractivity (Wildman–Crippen MR) is 137 cm³/mol. The van der Waals surface area contributed by atoms with Crippen LogP contribution in [0.1, 0.15) is 44.9 Å². The van der Waals surface area contributed by atoms with E-state index in [2.05, 4.69) is 33.6 Å². The maximum atomic E-state index is 12.9. The summed E-state index contributed by atoms with van der Waals surface area (Å²) in [5.74, 6) is -4.50. The topological polar surface area (TPSA) is 284 Å². The number of guanidine groups is 1. The van der Waals surface area contributed by atoms with E-state index >= 15 is 0 Å². The second kappa shape index (κ2) is 18.2. The molecule has 206 valence electrons. The lowest BCUT2D eigenvalue weighted by Crippen LogP contribution is -2.57. The molecule has 0 fully saturated rings. The van der Waals surface area contributed by atoms with Crippen molar-refractivity contribution < 1.29 is 29.1 Å². The van der Waals surface area contributed by atoms with Crippen LogP contribution >= 0.6 is 12.6 Å². The summed E-state index contributed by atoms with van der Waals surface area (Å²) in [6.07, 6.45) is 1.66. The van der Waals surface area contributed by atoms with Gasteiger partial charge in [0.25, 0.3) is 0 Å². The third kappa shape index (κ3) is 14.3. The van der Waals surface area contributed by atoms with Gasteiger partial charge in [0.15, 0.2) is 5.96 Å². The van der Waals surface area contributed by atoms with Crippen LogP contribution in [0.2, 0.25) is 0 Å². The minimum atomic E-state index is -1.40. The van der Waals surface area contributed by atoms with Crippen LogP contribution in [0, 0.1) is 0 Å². The molecule has 4 unspecified atom stereocenters. The van der Waals surface area contributed by atoms with E-state index in [1.54, 1.807) is 0 Å². The molecule has 0 bridgehead atoms. The fraction of sp³-hybridized carbons (Fsp3) is 0.700. The summed E-state index contributed by atoms with van der Waals surface area (Å²) in [6.45, 7) is 0.657. The lowest BCUT2D eigenvalue weighted by Gasteiger charge is -2.24. The van der Waals surface area contributed by atoms with Gasteiger partial charge in [0, 0.05) is 18.7 Å². The minimum Gasteiger partial charge on any atom is -0.480 e. The average Bonchev–Trinajstić information content (AvgIpc) is 2.80. The van der Waals surface area contributed by atoms with Gasteiger partial charge in [0.2, 0.25) is 23.6 Å². The Balaban J connectivity index is 5.32. The number of carbonyl (C=O) groups is 5. The highest BCUT2D eigenvalue weighted by Gasteiger charge is 2.29. The molecule has 36 heavy (non-hydrogen) atoms. The lowest BCUT2D eigenvalue weighted by atomic mass is 10.1. The Morgan fingerprint density at radius 1 is 0.806 bits per heavy atom. The molecule has 0 spiro atoms. The van der Waals surface area contributed by atoms with Gasteiger partial charge in [-0.3, -0.25) is 24.2 Å². The van der Waals surface area contributed by atoms with E-state index in [1.807, 2.05) is 0 Å². The molecular formula is C20H39N9O6S. The van der Waals surface area contributed by atoms with Gasteiger partial charge < -0.3 is 49.7 Å². The van der Waals surface area contributed by atoms with Gasteiger partial charge in [-0.15, -0.1) is 0 Å². The highest BCUT2D eigenvalue weighted by atomic mass is 32.1. The number of aliphatic imine (C=N–C) groups is 1. The van der Waals surface area contributed by atoms with Crippen LogP contribution in [0.25, 0.3) is 0 Å². The summed E-state index contributed by atoms with van der Waals surface area (Å²) >= 11 is 4.06. The Bertz CT molecular complexity index is 779. The summed E-state index contributed by atoms with van der Waals surface area (Å²) in [5.41, 5.74) is 27.0. The molecule has 0 radical (unpaired) electrons. The molecule has 15 nitrogen and oxygen atoms in total. The van der Waals surface area contributed by atoms with E-state index in [1.165, 1.54) is 0 Å². The number of carbonyl (C=O) groups excluding carboxylic acids is 4. The van der Waals surface area contributed by atoms with E-state index in [0.717, 1.165) is 0 Å². The molecule has 0 aliphatic rings. The van der Waals surface area contributed by atoms with E-state index < -0.39 is 53.8 Å². The quantitative estimate of drug-likeness (QED) is 0.0334. The number of carboxylic acids is 1. The number of hydrogen-bond acceptors (Lipinski definition) is 9. The van der Waals surface area contributed by atoms with Crippen LogP contribution in [-0.4, -0.2) is 83.7 Å².